The maximum Gasteiger partial charge on any atom is 0.323 e. The van der Waals surface area contributed by atoms with Crippen molar-refractivity contribution in [1.82, 2.24) is 15.1 Å². The van der Waals surface area contributed by atoms with Gasteiger partial charge in [-0.1, -0.05) is 6.92 Å². The topological polar surface area (TPSA) is 108 Å². The summed E-state index contributed by atoms with van der Waals surface area (Å²) in [4.78, 5) is 24.0. The van der Waals surface area contributed by atoms with Crippen molar-refractivity contribution in [2.24, 2.45) is 0 Å². The average molecular weight is 345 g/mol. The Morgan fingerprint density at radius 3 is 2.52 bits per heavy atom. The predicted molar refractivity (Wildman–Crippen MR) is 95.6 cm³/mol. The summed E-state index contributed by atoms with van der Waals surface area (Å²) in [7, 11) is 0. The van der Waals surface area contributed by atoms with E-state index >= 15 is 0 Å². The minimum Gasteiger partial charge on any atom is -0.394 e. The average Bonchev–Trinajstić information content (AvgIpc) is 3.02. The largest absolute Gasteiger partial charge is 0.394 e. The van der Waals surface area contributed by atoms with E-state index in [0.29, 0.717) is 23.5 Å². The molecule has 0 unspecified atom stereocenters. The van der Waals surface area contributed by atoms with Crippen molar-refractivity contribution in [3.63, 3.8) is 0 Å². The Balaban J connectivity index is 1.89. The molecule has 1 aromatic carbocycles. The summed E-state index contributed by atoms with van der Waals surface area (Å²) in [5.41, 5.74) is 1.63. The minimum absolute atomic E-state index is 0.0235. The van der Waals surface area contributed by atoms with Crippen LogP contribution in [0, 0.1) is 0 Å². The molecule has 0 aliphatic heterocycles. The molecule has 0 spiro atoms. The van der Waals surface area contributed by atoms with Crippen molar-refractivity contribution in [3.05, 3.63) is 42.2 Å². The number of urea groups is 1. The molecule has 0 aliphatic rings. The van der Waals surface area contributed by atoms with Gasteiger partial charge in [-0.15, -0.1) is 0 Å². The van der Waals surface area contributed by atoms with Crippen molar-refractivity contribution >= 4 is 23.3 Å². The Morgan fingerprint density at radius 1 is 1.20 bits per heavy atom. The van der Waals surface area contributed by atoms with Crippen molar-refractivity contribution < 1.29 is 14.7 Å². The summed E-state index contributed by atoms with van der Waals surface area (Å²) in [6.07, 6.45) is 3.98. The highest BCUT2D eigenvalue weighted by Gasteiger charge is 2.09. The van der Waals surface area contributed by atoms with Gasteiger partial charge < -0.3 is 21.1 Å². The second-order valence-corrected chi connectivity index (χ2v) is 5.65. The molecule has 3 amide bonds. The van der Waals surface area contributed by atoms with Gasteiger partial charge in [-0.05, 0) is 37.6 Å². The van der Waals surface area contributed by atoms with Gasteiger partial charge in [0.05, 0.1) is 25.0 Å². The summed E-state index contributed by atoms with van der Waals surface area (Å²) >= 11 is 0. The third-order valence-electron chi connectivity index (χ3n) is 3.62. The van der Waals surface area contributed by atoms with Crippen molar-refractivity contribution in [1.29, 1.82) is 0 Å². The molecule has 0 saturated heterocycles. The van der Waals surface area contributed by atoms with E-state index in [4.69, 9.17) is 5.11 Å². The van der Waals surface area contributed by atoms with Crippen LogP contribution in [0.4, 0.5) is 16.2 Å². The molecule has 2 rings (SSSR count). The zero-order chi connectivity index (χ0) is 18.2. The molecule has 8 nitrogen and oxygen atoms in total. The summed E-state index contributed by atoms with van der Waals surface area (Å²) in [6.45, 7) is 4.29. The molecule has 1 aromatic heterocycles. The Kier molecular flexibility index (Phi) is 6.53. The molecule has 1 atom stereocenters. The van der Waals surface area contributed by atoms with Crippen LogP contribution in [0.25, 0.3) is 0 Å². The van der Waals surface area contributed by atoms with E-state index in [1.807, 2.05) is 13.8 Å². The Morgan fingerprint density at radius 2 is 1.88 bits per heavy atom. The lowest BCUT2D eigenvalue weighted by Gasteiger charge is -2.12. The fraction of sp³-hybridized carbons (Fsp3) is 0.353. The molecule has 1 heterocycles. The van der Waals surface area contributed by atoms with Gasteiger partial charge in [0.1, 0.15) is 0 Å². The fourth-order valence-electron chi connectivity index (χ4n) is 2.06. The predicted octanol–water partition coefficient (Wildman–Crippen LogP) is 2.05. The van der Waals surface area contributed by atoms with Gasteiger partial charge >= 0.3 is 6.03 Å². The van der Waals surface area contributed by atoms with Gasteiger partial charge in [0.25, 0.3) is 5.91 Å². The number of amides is 3. The first-order chi connectivity index (χ1) is 12.0. The molecule has 0 bridgehead atoms. The standard InChI is InChI=1S/C17H23N5O3/c1-3-12(2)19-16(24)13-4-6-14(7-5-13)20-17(25)21-15-10-18-22(11-15)8-9-23/h4-7,10-12,23H,3,8-9H2,1-2H3,(H,19,24)(H2,20,21,25)/t12-/m1/s1. The van der Waals surface area contributed by atoms with Crippen molar-refractivity contribution in [2.75, 3.05) is 17.2 Å². The molecule has 0 aliphatic carbocycles. The molecule has 0 radical (unpaired) electrons. The third kappa shape index (κ3) is 5.61. The first-order valence-electron chi connectivity index (χ1n) is 8.14. The SMILES string of the molecule is CC[C@@H](C)NC(=O)c1ccc(NC(=O)Nc2cnn(CCO)c2)cc1. The van der Waals surface area contributed by atoms with Gasteiger partial charge in [-0.3, -0.25) is 9.48 Å². The minimum atomic E-state index is -0.416. The summed E-state index contributed by atoms with van der Waals surface area (Å²) in [6, 6.07) is 6.35. The van der Waals surface area contributed by atoms with E-state index in [9.17, 15) is 9.59 Å². The lowest BCUT2D eigenvalue weighted by molar-refractivity contribution is 0.0939. The number of nitrogens with one attached hydrogen (secondary N) is 3. The summed E-state index contributed by atoms with van der Waals surface area (Å²) in [5, 5.41) is 21.1. The Bertz CT molecular complexity index is 711. The quantitative estimate of drug-likeness (QED) is 0.616. The zero-order valence-corrected chi connectivity index (χ0v) is 14.3. The van der Waals surface area contributed by atoms with E-state index in [2.05, 4.69) is 21.0 Å². The number of rotatable bonds is 7. The van der Waals surface area contributed by atoms with Crippen molar-refractivity contribution in [2.45, 2.75) is 32.9 Å². The monoisotopic (exact) mass is 345 g/mol. The first-order valence-corrected chi connectivity index (χ1v) is 8.14. The van der Waals surface area contributed by atoms with Gasteiger partial charge in [0.2, 0.25) is 0 Å². The van der Waals surface area contributed by atoms with Crippen LogP contribution in [0.1, 0.15) is 30.6 Å². The molecule has 8 heteroatoms. The second kappa shape index (κ2) is 8.84. The highest BCUT2D eigenvalue weighted by atomic mass is 16.3. The van der Waals surface area contributed by atoms with Gasteiger partial charge in [0.15, 0.2) is 0 Å². The maximum absolute atomic E-state index is 12.0. The van der Waals surface area contributed by atoms with Crippen LogP contribution in [0.15, 0.2) is 36.7 Å². The van der Waals surface area contributed by atoms with Crippen LogP contribution < -0.4 is 16.0 Å². The van der Waals surface area contributed by atoms with Crippen LogP contribution in [0.5, 0.6) is 0 Å². The molecule has 2 aromatic rings. The maximum atomic E-state index is 12.0. The highest BCUT2D eigenvalue weighted by molar-refractivity contribution is 6.00. The van der Waals surface area contributed by atoms with Gasteiger partial charge in [-0.25, -0.2) is 4.79 Å². The number of nitrogens with zero attached hydrogens (tertiary/aromatic N) is 2. The lowest BCUT2D eigenvalue weighted by Crippen LogP contribution is -2.31. The van der Waals surface area contributed by atoms with Crippen molar-refractivity contribution in [3.8, 4) is 0 Å². The Labute approximate surface area is 146 Å². The number of anilines is 2. The number of carbonyl (C=O) groups excluding carboxylic acids is 2. The number of aliphatic hydroxyl groups is 1. The van der Waals surface area contributed by atoms with E-state index in [0.717, 1.165) is 6.42 Å². The number of benzene rings is 1. The number of aliphatic hydroxyl groups excluding tert-OH is 1. The molecule has 4 N–H and O–H groups in total. The van der Waals surface area contributed by atoms with Crippen LogP contribution >= 0.6 is 0 Å². The second-order valence-electron chi connectivity index (χ2n) is 5.65. The smallest absolute Gasteiger partial charge is 0.323 e. The molecule has 134 valence electrons. The lowest BCUT2D eigenvalue weighted by atomic mass is 10.1. The molecular formula is C17H23N5O3. The fourth-order valence-corrected chi connectivity index (χ4v) is 2.06. The van der Waals surface area contributed by atoms with E-state index in [-0.39, 0.29) is 18.6 Å². The Hall–Kier alpha value is -2.87. The molecule has 25 heavy (non-hydrogen) atoms. The highest BCUT2D eigenvalue weighted by Crippen LogP contribution is 2.11. The van der Waals surface area contributed by atoms with Gasteiger partial charge in [-0.2, -0.15) is 5.10 Å². The number of hydrogen-bond acceptors (Lipinski definition) is 4. The summed E-state index contributed by atoms with van der Waals surface area (Å²) < 4.78 is 1.53. The van der Waals surface area contributed by atoms with Crippen LogP contribution in [0.3, 0.4) is 0 Å². The van der Waals surface area contributed by atoms with Crippen LogP contribution in [-0.2, 0) is 6.54 Å². The third-order valence-corrected chi connectivity index (χ3v) is 3.62. The molecular weight excluding hydrogens is 322 g/mol. The number of hydrogen-bond donors (Lipinski definition) is 4. The van der Waals surface area contributed by atoms with E-state index in [1.165, 1.54) is 10.9 Å². The number of carbonyl (C=O) groups is 2. The number of aromatic nitrogens is 2. The first kappa shape index (κ1) is 18.5. The van der Waals surface area contributed by atoms with Gasteiger partial charge in [0, 0.05) is 23.5 Å². The normalized spacial score (nSPS) is 11.6. The zero-order valence-electron chi connectivity index (χ0n) is 14.3. The molecule has 0 fully saturated rings. The summed E-state index contributed by atoms with van der Waals surface area (Å²) in [5.74, 6) is -0.137. The van der Waals surface area contributed by atoms with E-state index < -0.39 is 6.03 Å². The van der Waals surface area contributed by atoms with Crippen LogP contribution in [0.2, 0.25) is 0 Å². The van der Waals surface area contributed by atoms with E-state index in [1.54, 1.807) is 30.5 Å². The van der Waals surface area contributed by atoms with Crippen LogP contribution in [-0.4, -0.2) is 39.5 Å². The molecule has 0 saturated carbocycles.